The number of carbonyl (C=O) groups excluding carboxylic acids is 3. The molecule has 1 saturated carbocycles. The predicted octanol–water partition coefficient (Wildman–Crippen LogP) is 4.48. The molecular weight excluding hydrogens is 461 g/mol. The van der Waals surface area contributed by atoms with Crippen molar-refractivity contribution < 1.29 is 19.1 Å². The molecule has 2 amide bonds. The number of esters is 1. The highest BCUT2D eigenvalue weighted by Gasteiger charge is 2.33. The number of hydrogen-bond donors (Lipinski definition) is 1. The van der Waals surface area contributed by atoms with Gasteiger partial charge in [0.05, 0.1) is 10.6 Å². The number of aromatic nitrogens is 1. The first-order valence-corrected chi connectivity index (χ1v) is 11.7. The molecule has 0 saturated heterocycles. The molecule has 7 nitrogen and oxygen atoms in total. The van der Waals surface area contributed by atoms with Crippen LogP contribution in [0.15, 0.2) is 29.8 Å². The predicted molar refractivity (Wildman–Crippen MR) is 121 cm³/mol. The Bertz CT molecular complexity index is 933. The number of nitrogens with zero attached hydrogens (tertiary/aromatic N) is 2. The third-order valence-corrected chi connectivity index (χ3v) is 6.35. The molecule has 0 aliphatic heterocycles. The summed E-state index contributed by atoms with van der Waals surface area (Å²) >= 11 is 13.2. The highest BCUT2D eigenvalue weighted by atomic mass is 35.5. The van der Waals surface area contributed by atoms with E-state index < -0.39 is 24.5 Å². The van der Waals surface area contributed by atoms with Crippen molar-refractivity contribution in [2.75, 3.05) is 11.4 Å². The van der Waals surface area contributed by atoms with Crippen molar-refractivity contribution in [2.24, 2.45) is 0 Å². The van der Waals surface area contributed by atoms with Crippen LogP contribution >= 0.6 is 34.5 Å². The van der Waals surface area contributed by atoms with Gasteiger partial charge >= 0.3 is 5.97 Å². The molecule has 1 atom stereocenters. The Morgan fingerprint density at radius 3 is 2.65 bits per heavy atom. The van der Waals surface area contributed by atoms with E-state index in [1.54, 1.807) is 11.1 Å². The summed E-state index contributed by atoms with van der Waals surface area (Å²) in [4.78, 5) is 43.5. The van der Waals surface area contributed by atoms with Gasteiger partial charge in [0.15, 0.2) is 11.2 Å². The average Bonchev–Trinajstić information content (AvgIpc) is 3.27. The number of carbonyl (C=O) groups is 3. The van der Waals surface area contributed by atoms with Gasteiger partial charge in [-0.15, -0.1) is 11.3 Å². The summed E-state index contributed by atoms with van der Waals surface area (Å²) < 4.78 is 5.30. The van der Waals surface area contributed by atoms with E-state index in [1.807, 2.05) is 5.38 Å². The molecule has 1 aliphatic carbocycles. The van der Waals surface area contributed by atoms with Gasteiger partial charge in [-0.1, -0.05) is 42.5 Å². The second-order valence-electron chi connectivity index (χ2n) is 7.25. The van der Waals surface area contributed by atoms with Crippen LogP contribution in [0, 0.1) is 0 Å². The molecule has 1 fully saturated rings. The van der Waals surface area contributed by atoms with Crippen molar-refractivity contribution in [1.29, 1.82) is 0 Å². The van der Waals surface area contributed by atoms with E-state index in [0.29, 0.717) is 10.2 Å². The van der Waals surface area contributed by atoms with E-state index in [1.165, 1.54) is 36.5 Å². The third-order valence-electron chi connectivity index (χ3n) is 5.03. The van der Waals surface area contributed by atoms with Crippen LogP contribution in [0.3, 0.4) is 0 Å². The standard InChI is InChI=1S/C21H23Cl2N3O4S/c1-13(20(29)26(21-24-9-10-31-21)15-5-3-2-4-6-15)30-18(27)12-25-19(28)16-8-7-14(22)11-17(16)23/h7-11,13,15H,2-6,12H2,1H3,(H,25,28). The number of halogens is 2. The second kappa shape index (κ2) is 10.9. The molecule has 1 heterocycles. The number of hydrogen-bond acceptors (Lipinski definition) is 6. The largest absolute Gasteiger partial charge is 0.451 e. The smallest absolute Gasteiger partial charge is 0.326 e. The van der Waals surface area contributed by atoms with Gasteiger partial charge in [-0.3, -0.25) is 19.3 Å². The Hall–Kier alpha value is -2.16. The lowest BCUT2D eigenvalue weighted by molar-refractivity contribution is -0.153. The number of amides is 2. The van der Waals surface area contributed by atoms with Gasteiger partial charge in [0, 0.05) is 22.6 Å². The van der Waals surface area contributed by atoms with Crippen LogP contribution in [0.2, 0.25) is 10.0 Å². The summed E-state index contributed by atoms with van der Waals surface area (Å²) in [6.07, 6.45) is 5.68. The van der Waals surface area contributed by atoms with Crippen molar-refractivity contribution in [3.8, 4) is 0 Å². The highest BCUT2D eigenvalue weighted by Crippen LogP contribution is 2.29. The van der Waals surface area contributed by atoms with Gasteiger partial charge in [0.1, 0.15) is 6.54 Å². The Morgan fingerprint density at radius 2 is 2.00 bits per heavy atom. The van der Waals surface area contributed by atoms with Crippen molar-refractivity contribution in [3.63, 3.8) is 0 Å². The molecular formula is C21H23Cl2N3O4S. The highest BCUT2D eigenvalue weighted by molar-refractivity contribution is 7.13. The van der Waals surface area contributed by atoms with Crippen LogP contribution in [0.5, 0.6) is 0 Å². The van der Waals surface area contributed by atoms with E-state index in [0.717, 1.165) is 32.1 Å². The number of anilines is 1. The monoisotopic (exact) mass is 483 g/mol. The maximum atomic E-state index is 13.1. The summed E-state index contributed by atoms with van der Waals surface area (Å²) in [5.41, 5.74) is 0.190. The molecule has 1 unspecified atom stereocenters. The molecule has 1 aliphatic rings. The molecule has 31 heavy (non-hydrogen) atoms. The van der Waals surface area contributed by atoms with Crippen LogP contribution in [0.1, 0.15) is 49.4 Å². The third kappa shape index (κ3) is 6.18. The zero-order valence-electron chi connectivity index (χ0n) is 17.0. The minimum Gasteiger partial charge on any atom is -0.451 e. The second-order valence-corrected chi connectivity index (χ2v) is 8.97. The summed E-state index contributed by atoms with van der Waals surface area (Å²) in [6.45, 7) is 1.14. The van der Waals surface area contributed by atoms with Gasteiger partial charge in [-0.05, 0) is 38.0 Å². The molecule has 0 bridgehead atoms. The molecule has 1 aromatic heterocycles. The van der Waals surface area contributed by atoms with Crippen molar-refractivity contribution >= 4 is 57.5 Å². The Kier molecular flexibility index (Phi) is 8.28. The average molecular weight is 484 g/mol. The fraction of sp³-hybridized carbons (Fsp3) is 0.429. The summed E-state index contributed by atoms with van der Waals surface area (Å²) in [5, 5.41) is 5.44. The molecule has 1 N–H and O–H groups in total. The van der Waals surface area contributed by atoms with Crippen molar-refractivity contribution in [1.82, 2.24) is 10.3 Å². The van der Waals surface area contributed by atoms with Gasteiger partial charge < -0.3 is 10.1 Å². The van der Waals surface area contributed by atoms with E-state index in [9.17, 15) is 14.4 Å². The first-order valence-electron chi connectivity index (χ1n) is 10.0. The zero-order valence-corrected chi connectivity index (χ0v) is 19.3. The van der Waals surface area contributed by atoms with Crippen LogP contribution < -0.4 is 10.2 Å². The molecule has 1 aromatic carbocycles. The van der Waals surface area contributed by atoms with Gasteiger partial charge in [-0.25, -0.2) is 4.98 Å². The molecule has 0 radical (unpaired) electrons. The number of benzene rings is 1. The Balaban J connectivity index is 1.58. The molecule has 2 aromatic rings. The maximum absolute atomic E-state index is 13.1. The Morgan fingerprint density at radius 1 is 1.26 bits per heavy atom. The van der Waals surface area contributed by atoms with Crippen molar-refractivity contribution in [3.05, 3.63) is 45.4 Å². The fourth-order valence-electron chi connectivity index (χ4n) is 3.51. The number of rotatable bonds is 7. The quantitative estimate of drug-likeness (QED) is 0.586. The summed E-state index contributed by atoms with van der Waals surface area (Å²) in [5.74, 6) is -1.58. The molecule has 3 rings (SSSR count). The van der Waals surface area contributed by atoms with E-state index in [-0.39, 0.29) is 22.5 Å². The number of nitrogens with one attached hydrogen (secondary N) is 1. The van der Waals surface area contributed by atoms with Crippen LogP contribution in [-0.2, 0) is 14.3 Å². The van der Waals surface area contributed by atoms with Crippen LogP contribution in [0.25, 0.3) is 0 Å². The van der Waals surface area contributed by atoms with Crippen LogP contribution in [0.4, 0.5) is 5.13 Å². The molecule has 166 valence electrons. The molecule has 0 spiro atoms. The lowest BCUT2D eigenvalue weighted by Gasteiger charge is -2.33. The first kappa shape index (κ1) is 23.5. The lowest BCUT2D eigenvalue weighted by Crippen LogP contribution is -2.47. The summed E-state index contributed by atoms with van der Waals surface area (Å²) in [7, 11) is 0. The lowest BCUT2D eigenvalue weighted by atomic mass is 9.94. The normalized spacial score (nSPS) is 15.2. The van der Waals surface area contributed by atoms with E-state index in [2.05, 4.69) is 10.3 Å². The van der Waals surface area contributed by atoms with E-state index >= 15 is 0 Å². The Labute approximate surface area is 194 Å². The topological polar surface area (TPSA) is 88.6 Å². The van der Waals surface area contributed by atoms with Gasteiger partial charge in [0.25, 0.3) is 11.8 Å². The van der Waals surface area contributed by atoms with Crippen molar-refractivity contribution in [2.45, 2.75) is 51.2 Å². The fourth-order valence-corrected chi connectivity index (χ4v) is 4.72. The zero-order chi connectivity index (χ0) is 22.4. The number of ether oxygens (including phenoxy) is 1. The first-order chi connectivity index (χ1) is 14.9. The SMILES string of the molecule is CC(OC(=O)CNC(=O)c1ccc(Cl)cc1Cl)C(=O)N(c1nccs1)C1CCCCC1. The number of thiazole rings is 1. The van der Waals surface area contributed by atoms with Gasteiger partial charge in [-0.2, -0.15) is 0 Å². The van der Waals surface area contributed by atoms with Crippen LogP contribution in [-0.4, -0.2) is 41.5 Å². The minimum atomic E-state index is -1.01. The summed E-state index contributed by atoms with van der Waals surface area (Å²) in [6, 6.07) is 4.48. The van der Waals surface area contributed by atoms with Gasteiger partial charge in [0.2, 0.25) is 0 Å². The maximum Gasteiger partial charge on any atom is 0.326 e. The minimum absolute atomic E-state index is 0.0419. The molecule has 10 heteroatoms. The van der Waals surface area contributed by atoms with E-state index in [4.69, 9.17) is 27.9 Å².